The summed E-state index contributed by atoms with van der Waals surface area (Å²) >= 11 is 5.71. The molecule has 1 saturated heterocycles. The van der Waals surface area contributed by atoms with Gasteiger partial charge in [-0.3, -0.25) is 4.79 Å². The second-order valence-electron chi connectivity index (χ2n) is 3.64. The predicted molar refractivity (Wildman–Crippen MR) is 59.9 cm³/mol. The van der Waals surface area contributed by atoms with E-state index in [-0.39, 0.29) is 18.1 Å². The van der Waals surface area contributed by atoms with Gasteiger partial charge in [0.2, 0.25) is 5.88 Å². The van der Waals surface area contributed by atoms with Crippen molar-refractivity contribution in [1.82, 2.24) is 15.3 Å². The summed E-state index contributed by atoms with van der Waals surface area (Å²) in [5, 5.41) is 3.34. The number of nitrogens with zero attached hydrogens (tertiary/aromatic N) is 2. The number of hydrogen-bond acceptors (Lipinski definition) is 6. The Morgan fingerprint density at radius 1 is 1.59 bits per heavy atom. The van der Waals surface area contributed by atoms with Crippen LogP contribution < -0.4 is 10.1 Å². The van der Waals surface area contributed by atoms with Gasteiger partial charge in [0.15, 0.2) is 0 Å². The van der Waals surface area contributed by atoms with Crippen LogP contribution in [0, 0.1) is 0 Å². The van der Waals surface area contributed by atoms with Gasteiger partial charge in [-0.05, 0) is 0 Å². The minimum absolute atomic E-state index is 0.120. The number of aromatic nitrogens is 2. The topological polar surface area (TPSA) is 73.3 Å². The van der Waals surface area contributed by atoms with E-state index in [1.165, 1.54) is 19.5 Å². The lowest BCUT2D eigenvalue weighted by Gasteiger charge is -2.11. The largest absolute Gasteiger partial charge is 0.473 e. The van der Waals surface area contributed by atoms with Gasteiger partial charge < -0.3 is 14.8 Å². The van der Waals surface area contributed by atoms with Crippen molar-refractivity contribution in [3.63, 3.8) is 0 Å². The van der Waals surface area contributed by atoms with Gasteiger partial charge >= 0.3 is 5.97 Å². The van der Waals surface area contributed by atoms with Crippen molar-refractivity contribution in [2.75, 3.05) is 13.7 Å². The van der Waals surface area contributed by atoms with E-state index < -0.39 is 0 Å². The zero-order chi connectivity index (χ0) is 12.3. The summed E-state index contributed by atoms with van der Waals surface area (Å²) < 4.78 is 10.2. The second-order valence-corrected chi connectivity index (χ2v) is 4.03. The molecule has 17 heavy (non-hydrogen) atoms. The average molecular weight is 258 g/mol. The summed E-state index contributed by atoms with van der Waals surface area (Å²) in [4.78, 5) is 19.0. The van der Waals surface area contributed by atoms with Gasteiger partial charge in [-0.25, -0.2) is 9.97 Å². The molecule has 1 fully saturated rings. The van der Waals surface area contributed by atoms with Crippen LogP contribution in [0.4, 0.5) is 0 Å². The number of rotatable bonds is 3. The fourth-order valence-electron chi connectivity index (χ4n) is 1.67. The van der Waals surface area contributed by atoms with E-state index in [1.54, 1.807) is 0 Å². The minimum atomic E-state index is -0.317. The summed E-state index contributed by atoms with van der Waals surface area (Å²) in [6, 6.07) is 1.22. The molecule has 0 radical (unpaired) electrons. The molecule has 0 spiro atoms. The zero-order valence-corrected chi connectivity index (χ0v) is 9.98. The molecule has 1 aromatic heterocycles. The van der Waals surface area contributed by atoms with E-state index in [4.69, 9.17) is 16.3 Å². The average Bonchev–Trinajstić information content (AvgIpc) is 2.76. The first kappa shape index (κ1) is 12.1. The monoisotopic (exact) mass is 257 g/mol. The summed E-state index contributed by atoms with van der Waals surface area (Å²) in [6.45, 7) is 0.571. The van der Waals surface area contributed by atoms with Gasteiger partial charge in [-0.1, -0.05) is 11.6 Å². The summed E-state index contributed by atoms with van der Waals surface area (Å²) in [7, 11) is 1.36. The van der Waals surface area contributed by atoms with E-state index in [2.05, 4.69) is 20.0 Å². The highest BCUT2D eigenvalue weighted by molar-refractivity contribution is 6.29. The van der Waals surface area contributed by atoms with Crippen LogP contribution in [0.3, 0.4) is 0 Å². The standard InChI is InChI=1S/C10H12ClN3O3/c1-16-10(15)7-2-6(4-12-7)17-9-3-8(11)13-5-14-9/h3,5-7,12H,2,4H2,1H3/t6-,7?/m1/s1. The molecule has 1 unspecified atom stereocenters. The van der Waals surface area contributed by atoms with Crippen molar-refractivity contribution < 1.29 is 14.3 Å². The molecule has 2 heterocycles. The number of hydrogen-bond donors (Lipinski definition) is 1. The maximum Gasteiger partial charge on any atom is 0.323 e. The van der Waals surface area contributed by atoms with Gasteiger partial charge in [0.25, 0.3) is 0 Å². The Hall–Kier alpha value is -1.40. The van der Waals surface area contributed by atoms with Crippen molar-refractivity contribution in [3.05, 3.63) is 17.5 Å². The number of carbonyl (C=O) groups excluding carboxylic acids is 1. The third kappa shape index (κ3) is 3.04. The molecule has 1 aliphatic heterocycles. The quantitative estimate of drug-likeness (QED) is 0.625. The number of nitrogens with one attached hydrogen (secondary N) is 1. The van der Waals surface area contributed by atoms with Crippen molar-refractivity contribution in [2.45, 2.75) is 18.6 Å². The van der Waals surface area contributed by atoms with E-state index >= 15 is 0 Å². The van der Waals surface area contributed by atoms with Crippen molar-refractivity contribution in [2.24, 2.45) is 0 Å². The van der Waals surface area contributed by atoms with Gasteiger partial charge in [0.05, 0.1) is 7.11 Å². The van der Waals surface area contributed by atoms with E-state index in [0.717, 1.165) is 0 Å². The van der Waals surface area contributed by atoms with Crippen molar-refractivity contribution in [1.29, 1.82) is 0 Å². The molecule has 0 aliphatic carbocycles. The lowest BCUT2D eigenvalue weighted by molar-refractivity contribution is -0.142. The molecule has 2 atom stereocenters. The SMILES string of the molecule is COC(=O)C1C[C@@H](Oc2cc(Cl)ncn2)CN1. The molecule has 0 saturated carbocycles. The molecular weight excluding hydrogens is 246 g/mol. The third-order valence-corrected chi connectivity index (χ3v) is 2.68. The summed E-state index contributed by atoms with van der Waals surface area (Å²) in [5.41, 5.74) is 0. The van der Waals surface area contributed by atoms with Crippen LogP contribution in [-0.2, 0) is 9.53 Å². The Balaban J connectivity index is 1.92. The number of esters is 1. The highest BCUT2D eigenvalue weighted by Gasteiger charge is 2.31. The molecule has 0 amide bonds. The van der Waals surface area contributed by atoms with Crippen LogP contribution in [0.1, 0.15) is 6.42 Å². The Morgan fingerprint density at radius 3 is 3.12 bits per heavy atom. The minimum Gasteiger partial charge on any atom is -0.473 e. The molecule has 0 bridgehead atoms. The highest BCUT2D eigenvalue weighted by atomic mass is 35.5. The maximum atomic E-state index is 11.3. The van der Waals surface area contributed by atoms with Gasteiger partial charge in [-0.2, -0.15) is 0 Å². The molecule has 1 N–H and O–H groups in total. The lowest BCUT2D eigenvalue weighted by atomic mass is 10.2. The van der Waals surface area contributed by atoms with Crippen LogP contribution >= 0.6 is 11.6 Å². The number of carbonyl (C=O) groups is 1. The van der Waals surface area contributed by atoms with Crippen molar-refractivity contribution in [3.8, 4) is 5.88 Å². The van der Waals surface area contributed by atoms with Crippen LogP contribution in [-0.4, -0.2) is 41.7 Å². The molecule has 6 nitrogen and oxygen atoms in total. The van der Waals surface area contributed by atoms with Gasteiger partial charge in [-0.15, -0.1) is 0 Å². The molecule has 2 rings (SSSR count). The van der Waals surface area contributed by atoms with E-state index in [1.807, 2.05) is 0 Å². The van der Waals surface area contributed by atoms with Gasteiger partial charge in [0, 0.05) is 19.0 Å². The van der Waals surface area contributed by atoms with E-state index in [0.29, 0.717) is 24.0 Å². The van der Waals surface area contributed by atoms with Gasteiger partial charge in [0.1, 0.15) is 23.6 Å². The predicted octanol–water partition coefficient (Wildman–Crippen LogP) is 0.412. The first-order valence-electron chi connectivity index (χ1n) is 5.14. The Kier molecular flexibility index (Phi) is 3.75. The Labute approximate surface area is 103 Å². The zero-order valence-electron chi connectivity index (χ0n) is 9.22. The molecule has 1 aromatic rings. The highest BCUT2D eigenvalue weighted by Crippen LogP contribution is 2.17. The normalized spacial score (nSPS) is 23.4. The molecule has 1 aliphatic rings. The van der Waals surface area contributed by atoms with E-state index in [9.17, 15) is 4.79 Å². The maximum absolute atomic E-state index is 11.3. The fraction of sp³-hybridized carbons (Fsp3) is 0.500. The molecule has 0 aromatic carbocycles. The molecular formula is C10H12ClN3O3. The van der Waals surface area contributed by atoms with Crippen LogP contribution in [0.5, 0.6) is 5.88 Å². The van der Waals surface area contributed by atoms with Crippen molar-refractivity contribution >= 4 is 17.6 Å². The summed E-state index contributed by atoms with van der Waals surface area (Å²) in [5.74, 6) is 0.124. The molecule has 7 heteroatoms. The third-order valence-electron chi connectivity index (χ3n) is 2.47. The molecule has 92 valence electrons. The lowest BCUT2D eigenvalue weighted by Crippen LogP contribution is -2.31. The summed E-state index contributed by atoms with van der Waals surface area (Å²) in [6.07, 6.45) is 1.76. The Morgan fingerprint density at radius 2 is 2.41 bits per heavy atom. The number of ether oxygens (including phenoxy) is 2. The number of methoxy groups -OCH3 is 1. The van der Waals surface area contributed by atoms with Crippen LogP contribution in [0.15, 0.2) is 12.4 Å². The van der Waals surface area contributed by atoms with Crippen LogP contribution in [0.2, 0.25) is 5.15 Å². The second kappa shape index (κ2) is 5.29. The first-order valence-corrected chi connectivity index (χ1v) is 5.52. The Bertz CT molecular complexity index is 416. The number of halogens is 1. The smallest absolute Gasteiger partial charge is 0.323 e. The fourth-order valence-corrected chi connectivity index (χ4v) is 1.80. The first-order chi connectivity index (χ1) is 8.19. The van der Waals surface area contributed by atoms with Crippen LogP contribution in [0.25, 0.3) is 0 Å².